The number of carbonyl (C=O) groups excluding carboxylic acids is 2. The minimum atomic E-state index is -0.553. The van der Waals surface area contributed by atoms with Gasteiger partial charge in [0.15, 0.2) is 5.65 Å². The topological polar surface area (TPSA) is 138 Å². The molecule has 11 nitrogen and oxygen atoms in total. The van der Waals surface area contributed by atoms with Gasteiger partial charge in [-0.1, -0.05) is 0 Å². The Morgan fingerprint density at radius 2 is 2.00 bits per heavy atom. The molecule has 1 aliphatic carbocycles. The lowest BCUT2D eigenvalue weighted by atomic mass is 10.2. The molecule has 0 spiro atoms. The van der Waals surface area contributed by atoms with Crippen LogP contribution in [0.1, 0.15) is 24.0 Å². The number of hydrogen-bond donors (Lipinski definition) is 4. The van der Waals surface area contributed by atoms with Crippen LogP contribution in [0.5, 0.6) is 0 Å². The molecule has 0 bridgehead atoms. The van der Waals surface area contributed by atoms with Crippen LogP contribution in [-0.4, -0.2) is 42.5 Å². The van der Waals surface area contributed by atoms with Crippen LogP contribution < -0.4 is 21.3 Å². The molecule has 0 radical (unpaired) electrons. The SMILES string of the molecule is O=C1NC(=O)/C(=C/c2cnn3c(NC4CC4)nc(NCc4ccncc4)nc23)N1. The summed E-state index contributed by atoms with van der Waals surface area (Å²) in [6.07, 6.45) is 8.74. The zero-order valence-corrected chi connectivity index (χ0v) is 15.2. The summed E-state index contributed by atoms with van der Waals surface area (Å²) < 4.78 is 1.59. The van der Waals surface area contributed by atoms with Gasteiger partial charge >= 0.3 is 6.03 Å². The molecule has 29 heavy (non-hydrogen) atoms. The number of anilines is 2. The van der Waals surface area contributed by atoms with Crippen LogP contribution in [0, 0.1) is 0 Å². The molecule has 0 unspecified atom stereocenters. The second kappa shape index (κ2) is 6.86. The Hall–Kier alpha value is -4.02. The maximum atomic E-state index is 11.8. The van der Waals surface area contributed by atoms with Crippen molar-refractivity contribution in [3.63, 3.8) is 0 Å². The molecule has 5 rings (SSSR count). The molecular weight excluding hydrogens is 374 g/mol. The summed E-state index contributed by atoms with van der Waals surface area (Å²) in [6, 6.07) is 3.63. The Balaban J connectivity index is 1.51. The lowest BCUT2D eigenvalue weighted by molar-refractivity contribution is -0.115. The van der Waals surface area contributed by atoms with E-state index in [1.54, 1.807) is 29.2 Å². The summed E-state index contributed by atoms with van der Waals surface area (Å²) >= 11 is 0. The molecule has 11 heteroatoms. The Morgan fingerprint density at radius 3 is 2.72 bits per heavy atom. The van der Waals surface area contributed by atoms with Gasteiger partial charge in [0.1, 0.15) is 5.70 Å². The minimum absolute atomic E-state index is 0.145. The van der Waals surface area contributed by atoms with Crippen molar-refractivity contribution in [2.45, 2.75) is 25.4 Å². The predicted octanol–water partition coefficient (Wildman–Crippen LogP) is 0.886. The van der Waals surface area contributed by atoms with Crippen LogP contribution in [0.25, 0.3) is 11.7 Å². The third-order valence-electron chi connectivity index (χ3n) is 4.53. The van der Waals surface area contributed by atoms with Crippen molar-refractivity contribution < 1.29 is 9.59 Å². The van der Waals surface area contributed by atoms with E-state index in [2.05, 4.69) is 41.3 Å². The second-order valence-electron chi connectivity index (χ2n) is 6.80. The van der Waals surface area contributed by atoms with Gasteiger partial charge in [0.25, 0.3) is 5.91 Å². The van der Waals surface area contributed by atoms with Crippen molar-refractivity contribution in [1.29, 1.82) is 0 Å². The van der Waals surface area contributed by atoms with Crippen LogP contribution in [0.3, 0.4) is 0 Å². The molecule has 2 aliphatic rings. The van der Waals surface area contributed by atoms with Gasteiger partial charge < -0.3 is 16.0 Å². The fourth-order valence-corrected chi connectivity index (χ4v) is 2.90. The molecule has 2 fully saturated rings. The van der Waals surface area contributed by atoms with Crippen molar-refractivity contribution in [1.82, 2.24) is 35.2 Å². The van der Waals surface area contributed by atoms with E-state index in [1.807, 2.05) is 12.1 Å². The quantitative estimate of drug-likeness (QED) is 0.359. The highest BCUT2D eigenvalue weighted by atomic mass is 16.2. The zero-order valence-electron chi connectivity index (χ0n) is 15.2. The van der Waals surface area contributed by atoms with Gasteiger partial charge in [-0.15, -0.1) is 0 Å². The molecular formula is C18H17N9O2. The van der Waals surface area contributed by atoms with Crippen molar-refractivity contribution in [3.8, 4) is 0 Å². The first kappa shape index (κ1) is 17.1. The van der Waals surface area contributed by atoms with Gasteiger partial charge in [0.2, 0.25) is 11.9 Å². The summed E-state index contributed by atoms with van der Waals surface area (Å²) in [4.78, 5) is 36.3. The predicted molar refractivity (Wildman–Crippen MR) is 104 cm³/mol. The number of carbonyl (C=O) groups is 2. The van der Waals surface area contributed by atoms with E-state index in [0.29, 0.717) is 35.7 Å². The maximum absolute atomic E-state index is 11.8. The molecule has 3 aromatic heterocycles. The van der Waals surface area contributed by atoms with Gasteiger partial charge in [-0.2, -0.15) is 19.6 Å². The number of nitrogens with one attached hydrogen (secondary N) is 4. The van der Waals surface area contributed by atoms with Gasteiger partial charge in [0.05, 0.1) is 6.20 Å². The number of amides is 3. The normalized spacial score (nSPS) is 17.4. The highest BCUT2D eigenvalue weighted by Gasteiger charge is 2.25. The number of nitrogens with zero attached hydrogens (tertiary/aromatic N) is 5. The lowest BCUT2D eigenvalue weighted by Crippen LogP contribution is -2.22. The zero-order chi connectivity index (χ0) is 19.8. The van der Waals surface area contributed by atoms with E-state index in [4.69, 9.17) is 0 Å². The van der Waals surface area contributed by atoms with E-state index in [-0.39, 0.29) is 5.70 Å². The van der Waals surface area contributed by atoms with Gasteiger partial charge in [0, 0.05) is 30.5 Å². The summed E-state index contributed by atoms with van der Waals surface area (Å²) in [7, 11) is 0. The van der Waals surface area contributed by atoms with Crippen LogP contribution >= 0.6 is 0 Å². The maximum Gasteiger partial charge on any atom is 0.326 e. The highest BCUT2D eigenvalue weighted by Crippen LogP contribution is 2.25. The molecule has 146 valence electrons. The van der Waals surface area contributed by atoms with Crippen molar-refractivity contribution >= 4 is 35.6 Å². The third kappa shape index (κ3) is 3.57. The number of pyridine rings is 1. The molecule has 3 amide bonds. The highest BCUT2D eigenvalue weighted by molar-refractivity contribution is 6.14. The number of fused-ring (bicyclic) bond motifs is 1. The van der Waals surface area contributed by atoms with Crippen LogP contribution in [0.4, 0.5) is 16.7 Å². The van der Waals surface area contributed by atoms with Crippen LogP contribution in [0.2, 0.25) is 0 Å². The van der Waals surface area contributed by atoms with Gasteiger partial charge in [-0.05, 0) is 36.6 Å². The number of imide groups is 1. The molecule has 0 atom stereocenters. The average molecular weight is 391 g/mol. The van der Waals surface area contributed by atoms with Gasteiger partial charge in [-0.25, -0.2) is 4.79 Å². The van der Waals surface area contributed by atoms with Crippen molar-refractivity contribution in [3.05, 3.63) is 47.5 Å². The average Bonchev–Trinajstić information content (AvgIpc) is 3.36. The number of rotatable bonds is 6. The number of hydrogen-bond acceptors (Lipinski definition) is 8. The van der Waals surface area contributed by atoms with Crippen molar-refractivity contribution in [2.75, 3.05) is 10.6 Å². The molecule has 1 saturated heterocycles. The number of aromatic nitrogens is 5. The molecule has 0 aromatic carbocycles. The summed E-state index contributed by atoms with van der Waals surface area (Å²) in [6.45, 7) is 0.532. The molecule has 4 N–H and O–H groups in total. The third-order valence-corrected chi connectivity index (χ3v) is 4.53. The van der Waals surface area contributed by atoms with E-state index >= 15 is 0 Å². The summed E-state index contributed by atoms with van der Waals surface area (Å²) in [5.41, 5.74) is 2.29. The van der Waals surface area contributed by atoms with E-state index < -0.39 is 11.9 Å². The van der Waals surface area contributed by atoms with E-state index in [1.165, 1.54) is 0 Å². The largest absolute Gasteiger partial charge is 0.351 e. The van der Waals surface area contributed by atoms with Gasteiger partial charge in [-0.3, -0.25) is 15.1 Å². The lowest BCUT2D eigenvalue weighted by Gasteiger charge is -2.10. The van der Waals surface area contributed by atoms with Crippen LogP contribution in [0.15, 0.2) is 36.4 Å². The fourth-order valence-electron chi connectivity index (χ4n) is 2.90. The second-order valence-corrected chi connectivity index (χ2v) is 6.80. The minimum Gasteiger partial charge on any atom is -0.351 e. The smallest absolute Gasteiger partial charge is 0.326 e. The molecule has 3 aromatic rings. The Bertz CT molecular complexity index is 1130. The Kier molecular flexibility index (Phi) is 4.04. The Morgan fingerprint density at radius 1 is 1.17 bits per heavy atom. The first-order valence-corrected chi connectivity index (χ1v) is 9.15. The Labute approximate surface area is 164 Å². The summed E-state index contributed by atoms with van der Waals surface area (Å²) in [5, 5.41) is 15.6. The molecule has 1 aliphatic heterocycles. The first-order chi connectivity index (χ1) is 14.2. The first-order valence-electron chi connectivity index (χ1n) is 9.15. The van der Waals surface area contributed by atoms with Crippen molar-refractivity contribution in [2.24, 2.45) is 0 Å². The standard InChI is InChI=1S/C18H17N9O2/c28-15-13(23-18(29)25-15)7-11-9-21-27-14(11)24-16(26-17(27)22-12-1-2-12)20-8-10-3-5-19-6-4-10/h3-7,9,12H,1-2,8H2,(H2,20,22,24,26)(H2,23,25,28,29)/b13-7-. The molecule has 4 heterocycles. The van der Waals surface area contributed by atoms with Crippen LogP contribution in [-0.2, 0) is 11.3 Å². The monoisotopic (exact) mass is 391 g/mol. The van der Waals surface area contributed by atoms with E-state index in [9.17, 15) is 9.59 Å². The number of urea groups is 1. The summed E-state index contributed by atoms with van der Waals surface area (Å²) in [5.74, 6) is 0.507. The van der Waals surface area contributed by atoms with E-state index in [0.717, 1.165) is 18.4 Å². The fraction of sp³-hybridized carbons (Fsp3) is 0.222. The molecule has 1 saturated carbocycles.